The molecule has 12 nitrogen and oxygen atoms in total. The molecule has 2 aliphatic rings. The molecule has 0 saturated carbocycles. The SMILES string of the molecule is C[C@@H]1C(=O)N(CCCOc2ccc(S(=O)(=O)C3(C(=O)NO)CCNCC3)cc2)C(=O)N1c1ccc(OC(F)(F)F)cc1. The molecule has 2 fully saturated rings. The number of benzene rings is 2. The number of sulfone groups is 1. The monoisotopic (exact) mass is 614 g/mol. The standard InChI is InChI=1S/C26H29F3N4O8S/c1-17-22(34)32(24(36)33(17)18-3-5-20(6-4-18)41-26(27,28)29)15-2-16-40-19-7-9-21(10-8-19)42(38,39)25(23(35)31-37)11-13-30-14-12-25/h3-10,17,30,37H,2,11-16H2,1H3,(H,31,35)/t17-/m1/s1. The first-order valence-electron chi connectivity index (χ1n) is 12.9. The fraction of sp³-hybridized carbons (Fsp3) is 0.423. The van der Waals surface area contributed by atoms with Gasteiger partial charge in [-0.15, -0.1) is 13.2 Å². The molecule has 0 radical (unpaired) electrons. The highest BCUT2D eigenvalue weighted by molar-refractivity contribution is 7.93. The van der Waals surface area contributed by atoms with Crippen LogP contribution < -0.4 is 25.2 Å². The Morgan fingerprint density at radius 2 is 1.67 bits per heavy atom. The number of alkyl halides is 3. The smallest absolute Gasteiger partial charge is 0.494 e. The largest absolute Gasteiger partial charge is 0.573 e. The topological polar surface area (TPSA) is 155 Å². The van der Waals surface area contributed by atoms with Gasteiger partial charge in [-0.2, -0.15) is 0 Å². The first-order chi connectivity index (χ1) is 19.8. The van der Waals surface area contributed by atoms with Gasteiger partial charge in [0, 0.05) is 12.2 Å². The summed E-state index contributed by atoms with van der Waals surface area (Å²) in [5.41, 5.74) is 1.71. The number of urea groups is 1. The van der Waals surface area contributed by atoms with Crippen molar-refractivity contribution in [1.29, 1.82) is 0 Å². The summed E-state index contributed by atoms with van der Waals surface area (Å²) < 4.78 is 71.6. The molecule has 2 saturated heterocycles. The number of hydrogen-bond acceptors (Lipinski definition) is 9. The van der Waals surface area contributed by atoms with Crippen LogP contribution in [0, 0.1) is 0 Å². The predicted molar refractivity (Wildman–Crippen MR) is 141 cm³/mol. The van der Waals surface area contributed by atoms with Crippen LogP contribution in [0.3, 0.4) is 0 Å². The number of nitrogens with zero attached hydrogens (tertiary/aromatic N) is 2. The number of ether oxygens (including phenoxy) is 2. The molecule has 42 heavy (non-hydrogen) atoms. The van der Waals surface area contributed by atoms with E-state index in [2.05, 4.69) is 10.1 Å². The molecule has 2 heterocycles. The number of hydroxylamine groups is 1. The van der Waals surface area contributed by atoms with Crippen LogP contribution in [0.1, 0.15) is 26.2 Å². The van der Waals surface area contributed by atoms with E-state index < -0.39 is 50.6 Å². The lowest BCUT2D eigenvalue weighted by Gasteiger charge is -2.34. The highest BCUT2D eigenvalue weighted by atomic mass is 32.2. The zero-order valence-corrected chi connectivity index (χ0v) is 23.2. The van der Waals surface area contributed by atoms with Gasteiger partial charge < -0.3 is 14.8 Å². The van der Waals surface area contributed by atoms with Crippen LogP contribution in [-0.2, 0) is 19.4 Å². The van der Waals surface area contributed by atoms with Crippen molar-refractivity contribution in [3.05, 3.63) is 48.5 Å². The zero-order valence-electron chi connectivity index (χ0n) is 22.4. The van der Waals surface area contributed by atoms with E-state index in [4.69, 9.17) is 4.74 Å². The minimum absolute atomic E-state index is 0.00701. The van der Waals surface area contributed by atoms with Crippen LogP contribution in [0.4, 0.5) is 23.7 Å². The first-order valence-corrected chi connectivity index (χ1v) is 14.4. The Morgan fingerprint density at radius 1 is 1.07 bits per heavy atom. The Labute approximate surface area is 239 Å². The molecule has 3 N–H and O–H groups in total. The van der Waals surface area contributed by atoms with Gasteiger partial charge in [-0.25, -0.2) is 18.7 Å². The van der Waals surface area contributed by atoms with Crippen LogP contribution in [-0.4, -0.2) is 79.8 Å². The van der Waals surface area contributed by atoms with Gasteiger partial charge in [-0.3, -0.25) is 24.6 Å². The molecule has 0 aromatic heterocycles. The molecular formula is C26H29F3N4O8S. The maximum atomic E-state index is 13.4. The van der Waals surface area contributed by atoms with Crippen molar-refractivity contribution in [1.82, 2.24) is 15.7 Å². The Morgan fingerprint density at radius 3 is 2.24 bits per heavy atom. The number of nitrogens with one attached hydrogen (secondary N) is 2. The van der Waals surface area contributed by atoms with Crippen molar-refractivity contribution < 1.29 is 50.7 Å². The molecule has 0 spiro atoms. The van der Waals surface area contributed by atoms with E-state index >= 15 is 0 Å². The number of halogens is 3. The Bertz CT molecular complexity index is 1410. The summed E-state index contributed by atoms with van der Waals surface area (Å²) >= 11 is 0. The number of rotatable bonds is 10. The third-order valence-electron chi connectivity index (χ3n) is 7.17. The van der Waals surface area contributed by atoms with Crippen LogP contribution >= 0.6 is 0 Å². The molecule has 2 aromatic rings. The van der Waals surface area contributed by atoms with E-state index in [9.17, 15) is 41.2 Å². The normalized spacial score (nSPS) is 19.1. The lowest BCUT2D eigenvalue weighted by atomic mass is 9.96. The summed E-state index contributed by atoms with van der Waals surface area (Å²) in [5.74, 6) is -1.62. The number of hydrogen-bond donors (Lipinski definition) is 3. The fourth-order valence-electron chi connectivity index (χ4n) is 4.98. The highest BCUT2D eigenvalue weighted by Gasteiger charge is 2.52. The van der Waals surface area contributed by atoms with Crippen LogP contribution in [0.15, 0.2) is 53.4 Å². The Balaban J connectivity index is 1.34. The molecule has 1 atom stereocenters. The molecule has 4 amide bonds. The number of carbonyl (C=O) groups is 3. The fourth-order valence-corrected chi connectivity index (χ4v) is 6.95. The number of imide groups is 1. The van der Waals surface area contributed by atoms with Crippen molar-refractivity contribution in [3.8, 4) is 11.5 Å². The summed E-state index contributed by atoms with van der Waals surface area (Å²) in [4.78, 5) is 40.1. The number of carbonyl (C=O) groups excluding carboxylic acids is 3. The number of piperidine rings is 1. The van der Waals surface area contributed by atoms with E-state index in [1.807, 2.05) is 0 Å². The van der Waals surface area contributed by atoms with Crippen molar-refractivity contribution >= 4 is 33.4 Å². The van der Waals surface area contributed by atoms with Crippen molar-refractivity contribution in [2.75, 3.05) is 31.1 Å². The van der Waals surface area contributed by atoms with E-state index in [-0.39, 0.29) is 56.1 Å². The van der Waals surface area contributed by atoms with Gasteiger partial charge in [0.1, 0.15) is 17.5 Å². The Hall–Kier alpha value is -3.89. The van der Waals surface area contributed by atoms with Gasteiger partial charge >= 0.3 is 12.4 Å². The molecule has 16 heteroatoms. The zero-order chi connectivity index (χ0) is 30.7. The summed E-state index contributed by atoms with van der Waals surface area (Å²) in [6, 6.07) is 8.53. The molecular weight excluding hydrogens is 585 g/mol. The maximum Gasteiger partial charge on any atom is 0.573 e. The van der Waals surface area contributed by atoms with Crippen LogP contribution in [0.2, 0.25) is 0 Å². The summed E-state index contributed by atoms with van der Waals surface area (Å²) in [6.07, 6.45) is -4.65. The van der Waals surface area contributed by atoms with Gasteiger partial charge in [0.25, 0.3) is 11.8 Å². The second-order valence-corrected chi connectivity index (χ2v) is 12.0. The summed E-state index contributed by atoms with van der Waals surface area (Å²) in [7, 11) is -4.16. The Kier molecular flexibility index (Phi) is 8.98. The third-order valence-corrected chi connectivity index (χ3v) is 9.68. The first kappa shape index (κ1) is 31.1. The van der Waals surface area contributed by atoms with Crippen molar-refractivity contribution in [2.24, 2.45) is 0 Å². The lowest BCUT2D eigenvalue weighted by molar-refractivity contribution is -0.274. The molecule has 0 aliphatic carbocycles. The van der Waals surface area contributed by atoms with E-state index in [0.29, 0.717) is 5.75 Å². The van der Waals surface area contributed by atoms with E-state index in [0.717, 1.165) is 17.0 Å². The molecule has 2 aromatic carbocycles. The average Bonchev–Trinajstić information content (AvgIpc) is 3.17. The maximum absolute atomic E-state index is 13.4. The molecule has 228 valence electrons. The van der Waals surface area contributed by atoms with Gasteiger partial charge in [0.2, 0.25) is 0 Å². The van der Waals surface area contributed by atoms with Gasteiger partial charge in [0.05, 0.1) is 11.5 Å². The van der Waals surface area contributed by atoms with Gasteiger partial charge in [-0.1, -0.05) is 0 Å². The van der Waals surface area contributed by atoms with Gasteiger partial charge in [-0.05, 0) is 87.8 Å². The number of amides is 4. The van der Waals surface area contributed by atoms with E-state index in [1.54, 1.807) is 0 Å². The van der Waals surface area contributed by atoms with Crippen molar-refractivity contribution in [3.63, 3.8) is 0 Å². The lowest BCUT2D eigenvalue weighted by Crippen LogP contribution is -2.57. The minimum Gasteiger partial charge on any atom is -0.494 e. The molecule has 4 rings (SSSR count). The molecule has 2 aliphatic heterocycles. The van der Waals surface area contributed by atoms with E-state index in [1.165, 1.54) is 53.7 Å². The summed E-state index contributed by atoms with van der Waals surface area (Å²) in [5, 5.41) is 12.2. The quantitative estimate of drug-likeness (QED) is 0.159. The van der Waals surface area contributed by atoms with Crippen LogP contribution in [0.5, 0.6) is 11.5 Å². The third kappa shape index (κ3) is 6.15. The van der Waals surface area contributed by atoms with Gasteiger partial charge in [0.15, 0.2) is 14.6 Å². The van der Waals surface area contributed by atoms with Crippen LogP contribution in [0.25, 0.3) is 0 Å². The summed E-state index contributed by atoms with van der Waals surface area (Å²) in [6.45, 7) is 2.16. The van der Waals surface area contributed by atoms with Crippen molar-refractivity contribution in [2.45, 2.75) is 48.2 Å². The minimum atomic E-state index is -4.86. The predicted octanol–water partition coefficient (Wildman–Crippen LogP) is 2.61. The number of anilines is 1. The molecule has 0 unspecified atom stereocenters. The second kappa shape index (κ2) is 12.1. The average molecular weight is 615 g/mol. The molecule has 0 bridgehead atoms. The second-order valence-electron chi connectivity index (χ2n) is 9.72. The highest BCUT2D eigenvalue weighted by Crippen LogP contribution is 2.35.